The van der Waals surface area contributed by atoms with Crippen molar-refractivity contribution < 1.29 is 8.78 Å². The molecule has 1 atom stereocenters. The molecule has 0 aliphatic heterocycles. The number of fused-ring (bicyclic) bond motifs is 1. The second-order valence-electron chi connectivity index (χ2n) is 7.03. The van der Waals surface area contributed by atoms with Gasteiger partial charge in [0.1, 0.15) is 18.0 Å². The third-order valence-corrected chi connectivity index (χ3v) is 4.94. The van der Waals surface area contributed by atoms with E-state index >= 15 is 0 Å². The molecule has 0 unspecified atom stereocenters. The zero-order valence-corrected chi connectivity index (χ0v) is 16.5. The van der Waals surface area contributed by atoms with Crippen LogP contribution in [0.3, 0.4) is 0 Å². The molecule has 30 heavy (non-hydrogen) atoms. The van der Waals surface area contributed by atoms with Gasteiger partial charge in [0.15, 0.2) is 0 Å². The number of hydrogen-bond acceptors (Lipinski definition) is 6. The minimum absolute atomic E-state index is 0.00256. The van der Waals surface area contributed by atoms with Crippen molar-refractivity contribution in [2.24, 2.45) is 0 Å². The maximum Gasteiger partial charge on any atom is 0.264 e. The number of hydrogen-bond donors (Lipinski definition) is 1. The summed E-state index contributed by atoms with van der Waals surface area (Å²) in [7, 11) is 0. The van der Waals surface area contributed by atoms with Crippen LogP contribution in [0, 0.1) is 6.92 Å². The number of anilines is 1. The molecule has 0 radical (unpaired) electrons. The number of benzene rings is 1. The fourth-order valence-electron chi connectivity index (χ4n) is 3.31. The number of rotatable bonds is 6. The Morgan fingerprint density at radius 1 is 0.967 bits per heavy atom. The molecule has 0 fully saturated rings. The Hall–Kier alpha value is -3.55. The van der Waals surface area contributed by atoms with Crippen molar-refractivity contribution in [1.82, 2.24) is 24.9 Å². The fourth-order valence-corrected chi connectivity index (χ4v) is 3.31. The molecule has 6 nitrogen and oxygen atoms in total. The Morgan fingerprint density at radius 3 is 2.53 bits per heavy atom. The van der Waals surface area contributed by atoms with Gasteiger partial charge in [-0.2, -0.15) is 0 Å². The van der Waals surface area contributed by atoms with Gasteiger partial charge in [-0.1, -0.05) is 25.1 Å². The van der Waals surface area contributed by atoms with Crippen LogP contribution in [0.4, 0.5) is 14.6 Å². The van der Waals surface area contributed by atoms with Crippen LogP contribution in [0.15, 0.2) is 55.2 Å². The number of pyridine rings is 1. The van der Waals surface area contributed by atoms with Crippen LogP contribution in [0.5, 0.6) is 0 Å². The number of aryl methyl sites for hydroxylation is 1. The van der Waals surface area contributed by atoms with Gasteiger partial charge in [-0.25, -0.2) is 28.7 Å². The number of alkyl halides is 2. The second-order valence-corrected chi connectivity index (χ2v) is 7.03. The van der Waals surface area contributed by atoms with Gasteiger partial charge >= 0.3 is 0 Å². The van der Waals surface area contributed by atoms with Crippen LogP contribution < -0.4 is 5.32 Å². The minimum Gasteiger partial charge on any atom is -0.369 e. The highest BCUT2D eigenvalue weighted by atomic mass is 19.3. The lowest BCUT2D eigenvalue weighted by molar-refractivity contribution is 0.153. The van der Waals surface area contributed by atoms with Gasteiger partial charge < -0.3 is 5.32 Å². The average Bonchev–Trinajstić information content (AvgIpc) is 2.77. The second kappa shape index (κ2) is 8.44. The average molecular weight is 406 g/mol. The lowest BCUT2D eigenvalue weighted by atomic mass is 9.96. The molecule has 0 saturated heterocycles. The van der Waals surface area contributed by atoms with E-state index in [2.05, 4.69) is 30.2 Å². The SMILES string of the molecule is Cc1ncc(-c2cc(NC[C@@H](C)c3cccc4c(C(F)F)ccnc34)ncn2)cn1. The first kappa shape index (κ1) is 19.8. The van der Waals surface area contributed by atoms with Crippen molar-refractivity contribution in [2.75, 3.05) is 11.9 Å². The molecule has 3 heterocycles. The fraction of sp³-hybridized carbons (Fsp3) is 0.227. The smallest absolute Gasteiger partial charge is 0.264 e. The summed E-state index contributed by atoms with van der Waals surface area (Å²) in [6.07, 6.45) is 3.83. The van der Waals surface area contributed by atoms with Gasteiger partial charge in [-0.05, 0) is 18.6 Å². The van der Waals surface area contributed by atoms with Crippen LogP contribution in [0.2, 0.25) is 0 Å². The van der Waals surface area contributed by atoms with E-state index in [0.29, 0.717) is 34.8 Å². The topological polar surface area (TPSA) is 76.5 Å². The Kier molecular flexibility index (Phi) is 5.56. The summed E-state index contributed by atoms with van der Waals surface area (Å²) >= 11 is 0. The summed E-state index contributed by atoms with van der Waals surface area (Å²) in [5.74, 6) is 1.38. The van der Waals surface area contributed by atoms with Crippen molar-refractivity contribution >= 4 is 16.7 Å². The minimum atomic E-state index is -2.54. The predicted octanol–water partition coefficient (Wildman–Crippen LogP) is 4.94. The van der Waals surface area contributed by atoms with Crippen LogP contribution in [-0.4, -0.2) is 31.5 Å². The molecule has 0 spiro atoms. The van der Waals surface area contributed by atoms with Crippen LogP contribution in [0.1, 0.15) is 36.2 Å². The molecule has 1 aromatic carbocycles. The zero-order chi connectivity index (χ0) is 21.1. The number of halogens is 2. The van der Waals surface area contributed by atoms with Gasteiger partial charge in [0.25, 0.3) is 6.43 Å². The molecule has 4 rings (SSSR count). The Labute approximate surface area is 172 Å². The molecule has 0 aliphatic carbocycles. The highest BCUT2D eigenvalue weighted by Gasteiger charge is 2.16. The highest BCUT2D eigenvalue weighted by molar-refractivity contribution is 5.85. The van der Waals surface area contributed by atoms with Crippen molar-refractivity contribution in [3.05, 3.63) is 72.2 Å². The Bertz CT molecular complexity index is 1160. The normalized spacial score (nSPS) is 12.3. The molecule has 0 amide bonds. The van der Waals surface area contributed by atoms with Gasteiger partial charge in [0.2, 0.25) is 0 Å². The van der Waals surface area contributed by atoms with Gasteiger partial charge in [0, 0.05) is 53.6 Å². The molecule has 3 aromatic heterocycles. The van der Waals surface area contributed by atoms with Gasteiger partial charge in [0.05, 0.1) is 11.2 Å². The molecule has 0 bridgehead atoms. The number of nitrogens with one attached hydrogen (secondary N) is 1. The summed E-state index contributed by atoms with van der Waals surface area (Å²) in [5.41, 5.74) is 3.03. The third kappa shape index (κ3) is 4.07. The van der Waals surface area contributed by atoms with E-state index in [1.807, 2.05) is 26.0 Å². The predicted molar refractivity (Wildman–Crippen MR) is 111 cm³/mol. The molecule has 0 aliphatic rings. The van der Waals surface area contributed by atoms with E-state index in [1.165, 1.54) is 18.6 Å². The van der Waals surface area contributed by atoms with E-state index in [1.54, 1.807) is 24.5 Å². The highest BCUT2D eigenvalue weighted by Crippen LogP contribution is 2.31. The Balaban J connectivity index is 1.54. The molecule has 0 saturated carbocycles. The molecular formula is C22H20F2N6. The summed E-state index contributed by atoms with van der Waals surface area (Å²) in [6, 6.07) is 8.61. The third-order valence-electron chi connectivity index (χ3n) is 4.94. The van der Waals surface area contributed by atoms with Gasteiger partial charge in [-0.15, -0.1) is 0 Å². The van der Waals surface area contributed by atoms with Crippen molar-refractivity contribution in [3.63, 3.8) is 0 Å². The van der Waals surface area contributed by atoms with Crippen LogP contribution in [0.25, 0.3) is 22.2 Å². The van der Waals surface area contributed by atoms with E-state index in [0.717, 1.165) is 11.1 Å². The maximum atomic E-state index is 13.3. The van der Waals surface area contributed by atoms with E-state index in [-0.39, 0.29) is 11.5 Å². The number of aromatic nitrogens is 5. The monoisotopic (exact) mass is 406 g/mol. The van der Waals surface area contributed by atoms with Crippen molar-refractivity contribution in [1.29, 1.82) is 0 Å². The van der Waals surface area contributed by atoms with Crippen LogP contribution in [-0.2, 0) is 0 Å². The number of nitrogens with zero attached hydrogens (tertiary/aromatic N) is 5. The molecule has 4 aromatic rings. The molecule has 8 heteroatoms. The lowest BCUT2D eigenvalue weighted by Crippen LogP contribution is -2.12. The molecular weight excluding hydrogens is 386 g/mol. The van der Waals surface area contributed by atoms with E-state index in [4.69, 9.17) is 0 Å². The first-order valence-corrected chi connectivity index (χ1v) is 9.53. The van der Waals surface area contributed by atoms with E-state index < -0.39 is 6.43 Å². The Morgan fingerprint density at radius 2 is 1.77 bits per heavy atom. The standard InChI is InChI=1S/C22H20F2N6/c1-13(16-4-3-5-17-18(22(23)24)6-7-25-21(16)17)9-28-20-8-19(29-12-30-20)15-10-26-14(2)27-11-15/h3-8,10-13,22H,9H2,1-2H3,(H,28,29,30)/t13-/m1/s1. The largest absolute Gasteiger partial charge is 0.369 e. The molecule has 152 valence electrons. The summed E-state index contributed by atoms with van der Waals surface area (Å²) in [5, 5.41) is 3.79. The summed E-state index contributed by atoms with van der Waals surface area (Å²) in [6.45, 7) is 4.40. The first-order valence-electron chi connectivity index (χ1n) is 9.53. The van der Waals surface area contributed by atoms with Gasteiger partial charge in [-0.3, -0.25) is 4.98 Å². The number of para-hydroxylation sites is 1. The maximum absolute atomic E-state index is 13.3. The van der Waals surface area contributed by atoms with Crippen molar-refractivity contribution in [3.8, 4) is 11.3 Å². The summed E-state index contributed by atoms with van der Waals surface area (Å²) < 4.78 is 26.7. The molecule has 1 N–H and O–H groups in total. The zero-order valence-electron chi connectivity index (χ0n) is 16.5. The van der Waals surface area contributed by atoms with Crippen molar-refractivity contribution in [2.45, 2.75) is 26.2 Å². The first-order chi connectivity index (χ1) is 14.5. The summed E-state index contributed by atoms with van der Waals surface area (Å²) in [4.78, 5) is 21.3. The van der Waals surface area contributed by atoms with Crippen LogP contribution >= 0.6 is 0 Å². The van der Waals surface area contributed by atoms with E-state index in [9.17, 15) is 8.78 Å². The lowest BCUT2D eigenvalue weighted by Gasteiger charge is -2.16. The quantitative estimate of drug-likeness (QED) is 0.489.